The fraction of sp³-hybridized carbons (Fsp3) is 0.689. The second kappa shape index (κ2) is 29.0. The summed E-state index contributed by atoms with van der Waals surface area (Å²) in [5.74, 6) is 0. The molecule has 0 bridgehead atoms. The maximum absolute atomic E-state index is 5.49. The van der Waals surface area contributed by atoms with Gasteiger partial charge >= 0.3 is 0 Å². The summed E-state index contributed by atoms with van der Waals surface area (Å²) < 4.78 is 0. The zero-order chi connectivity index (χ0) is 34.0. The molecular formula is C45H74N2Ni. The standard InChI is InChI=1S/C45H74N2.Ni/c1-7-13-15-17-19-20-21-23-25-31-45(47-43-35-33-39(27-10-4)41(37-43)29-12-6)44(30-24-22-18-16-14-8-2)46-42-34-32-38(26-9-3)40(36-42)28-11-5;/h32-37H,7-31H2,1-6H3;. The van der Waals surface area contributed by atoms with Crippen LogP contribution >= 0.6 is 0 Å². The van der Waals surface area contributed by atoms with Gasteiger partial charge in [0.25, 0.3) is 0 Å². The van der Waals surface area contributed by atoms with E-state index in [-0.39, 0.29) is 16.5 Å². The number of aryl methyl sites for hydroxylation is 4. The molecule has 0 radical (unpaired) electrons. The van der Waals surface area contributed by atoms with E-state index in [2.05, 4.69) is 77.9 Å². The molecule has 0 aliphatic heterocycles. The van der Waals surface area contributed by atoms with Crippen molar-refractivity contribution in [3.05, 3.63) is 58.7 Å². The first-order valence-electron chi connectivity index (χ1n) is 20.5. The molecule has 0 aliphatic rings. The number of benzene rings is 2. The summed E-state index contributed by atoms with van der Waals surface area (Å²) in [7, 11) is 0. The van der Waals surface area contributed by atoms with Crippen molar-refractivity contribution in [3.63, 3.8) is 0 Å². The van der Waals surface area contributed by atoms with Crippen LogP contribution in [0.25, 0.3) is 0 Å². The van der Waals surface area contributed by atoms with Gasteiger partial charge in [0.1, 0.15) is 0 Å². The van der Waals surface area contributed by atoms with Crippen LogP contribution in [0.3, 0.4) is 0 Å². The molecule has 2 aromatic carbocycles. The number of aliphatic imine (C=N–C) groups is 2. The first kappa shape index (κ1) is 44.3. The average molecular weight is 702 g/mol. The molecule has 0 saturated carbocycles. The molecule has 0 fully saturated rings. The quantitative estimate of drug-likeness (QED) is 0.0479. The molecule has 0 heterocycles. The molecule has 274 valence electrons. The molecular weight excluding hydrogens is 627 g/mol. The van der Waals surface area contributed by atoms with Crippen molar-refractivity contribution >= 4 is 22.8 Å². The molecule has 2 rings (SSSR count). The van der Waals surface area contributed by atoms with Crippen LogP contribution in [0, 0.1) is 0 Å². The Hall–Kier alpha value is -1.73. The van der Waals surface area contributed by atoms with E-state index in [0.717, 1.165) is 49.9 Å². The Morgan fingerprint density at radius 2 is 0.688 bits per heavy atom. The third-order valence-electron chi connectivity index (χ3n) is 9.60. The summed E-state index contributed by atoms with van der Waals surface area (Å²) in [5, 5.41) is 0. The predicted molar refractivity (Wildman–Crippen MR) is 213 cm³/mol. The molecule has 0 N–H and O–H groups in total. The maximum Gasteiger partial charge on any atom is 0.0636 e. The average Bonchev–Trinajstić information content (AvgIpc) is 3.07. The van der Waals surface area contributed by atoms with Gasteiger partial charge in [0.05, 0.1) is 22.8 Å². The minimum Gasteiger partial charge on any atom is -0.252 e. The number of rotatable bonds is 28. The van der Waals surface area contributed by atoms with Crippen LogP contribution in [-0.2, 0) is 42.2 Å². The van der Waals surface area contributed by atoms with Gasteiger partial charge < -0.3 is 0 Å². The number of hydrogen-bond acceptors (Lipinski definition) is 2. The Morgan fingerprint density at radius 3 is 1.02 bits per heavy atom. The molecule has 48 heavy (non-hydrogen) atoms. The zero-order valence-corrected chi connectivity index (χ0v) is 33.3. The SMILES string of the molecule is CCCCCCCCCCCC(=Nc1ccc(CCC)c(CCC)c1)C(CCCCCCCC)=Nc1ccc(CCC)c(CCC)c1.[Ni]. The van der Waals surface area contributed by atoms with Crippen molar-refractivity contribution in [3.8, 4) is 0 Å². The molecule has 0 aliphatic carbocycles. The van der Waals surface area contributed by atoms with E-state index in [1.165, 1.54) is 156 Å². The Balaban J connectivity index is 0.0000115. The molecule has 0 spiro atoms. The topological polar surface area (TPSA) is 24.7 Å². The summed E-state index contributed by atoms with van der Waals surface area (Å²) in [4.78, 5) is 11.0. The van der Waals surface area contributed by atoms with Crippen LogP contribution < -0.4 is 0 Å². The summed E-state index contributed by atoms with van der Waals surface area (Å²) in [6.07, 6.45) is 31.3. The van der Waals surface area contributed by atoms with Crippen LogP contribution in [-0.4, -0.2) is 11.4 Å². The number of nitrogens with zero attached hydrogens (tertiary/aromatic N) is 2. The van der Waals surface area contributed by atoms with Crippen LogP contribution in [0.5, 0.6) is 0 Å². The monoisotopic (exact) mass is 701 g/mol. The van der Waals surface area contributed by atoms with E-state index in [4.69, 9.17) is 9.98 Å². The van der Waals surface area contributed by atoms with E-state index in [0.29, 0.717) is 0 Å². The van der Waals surface area contributed by atoms with Crippen molar-refractivity contribution < 1.29 is 16.5 Å². The van der Waals surface area contributed by atoms with Crippen molar-refractivity contribution in [2.45, 2.75) is 202 Å². The van der Waals surface area contributed by atoms with E-state index < -0.39 is 0 Å². The fourth-order valence-corrected chi connectivity index (χ4v) is 6.91. The number of unbranched alkanes of at least 4 members (excludes halogenated alkanes) is 13. The largest absolute Gasteiger partial charge is 0.252 e. The van der Waals surface area contributed by atoms with E-state index in [9.17, 15) is 0 Å². The Morgan fingerprint density at radius 1 is 0.375 bits per heavy atom. The van der Waals surface area contributed by atoms with Gasteiger partial charge in [-0.3, -0.25) is 9.98 Å². The van der Waals surface area contributed by atoms with Gasteiger partial charge in [-0.25, -0.2) is 0 Å². The molecule has 0 amide bonds. The van der Waals surface area contributed by atoms with Crippen LogP contribution in [0.15, 0.2) is 46.4 Å². The number of hydrogen-bond donors (Lipinski definition) is 0. The first-order chi connectivity index (χ1) is 23.1. The normalized spacial score (nSPS) is 12.0. The smallest absolute Gasteiger partial charge is 0.0636 e. The molecule has 2 nitrogen and oxygen atoms in total. The van der Waals surface area contributed by atoms with Crippen LogP contribution in [0.2, 0.25) is 0 Å². The third kappa shape index (κ3) is 18.3. The van der Waals surface area contributed by atoms with Gasteiger partial charge in [0, 0.05) is 16.5 Å². The fourth-order valence-electron chi connectivity index (χ4n) is 6.91. The molecule has 2 aromatic rings. The van der Waals surface area contributed by atoms with Gasteiger partial charge in [-0.05, 0) is 97.9 Å². The van der Waals surface area contributed by atoms with Crippen LogP contribution in [0.1, 0.15) is 199 Å². The van der Waals surface area contributed by atoms with Crippen molar-refractivity contribution in [2.24, 2.45) is 9.98 Å². The molecule has 3 heteroatoms. The van der Waals surface area contributed by atoms with Gasteiger partial charge in [-0.1, -0.05) is 163 Å². The van der Waals surface area contributed by atoms with Crippen molar-refractivity contribution in [1.82, 2.24) is 0 Å². The van der Waals surface area contributed by atoms with E-state index >= 15 is 0 Å². The van der Waals surface area contributed by atoms with Crippen molar-refractivity contribution in [2.75, 3.05) is 0 Å². The second-order valence-corrected chi connectivity index (χ2v) is 14.1. The first-order valence-corrected chi connectivity index (χ1v) is 20.5. The molecule has 0 saturated heterocycles. The Bertz CT molecular complexity index is 1150. The molecule has 0 unspecified atom stereocenters. The van der Waals surface area contributed by atoms with Gasteiger partial charge in [-0.2, -0.15) is 0 Å². The van der Waals surface area contributed by atoms with Gasteiger partial charge in [0.15, 0.2) is 0 Å². The van der Waals surface area contributed by atoms with E-state index in [1.807, 2.05) is 0 Å². The predicted octanol–water partition coefficient (Wildman–Crippen LogP) is 15.0. The van der Waals surface area contributed by atoms with Crippen molar-refractivity contribution in [1.29, 1.82) is 0 Å². The zero-order valence-electron chi connectivity index (χ0n) is 32.4. The Kier molecular flexibility index (Phi) is 26.8. The third-order valence-corrected chi connectivity index (χ3v) is 9.60. The summed E-state index contributed by atoms with van der Waals surface area (Å²) in [5.41, 5.74) is 10.7. The summed E-state index contributed by atoms with van der Waals surface area (Å²) in [6.45, 7) is 13.8. The molecule has 0 aromatic heterocycles. The van der Waals surface area contributed by atoms with Gasteiger partial charge in [-0.15, -0.1) is 0 Å². The maximum atomic E-state index is 5.49. The van der Waals surface area contributed by atoms with Gasteiger partial charge in [0.2, 0.25) is 0 Å². The van der Waals surface area contributed by atoms with Crippen LogP contribution in [0.4, 0.5) is 11.4 Å². The van der Waals surface area contributed by atoms with E-state index in [1.54, 1.807) is 0 Å². The summed E-state index contributed by atoms with van der Waals surface area (Å²) in [6, 6.07) is 14.1. The second-order valence-electron chi connectivity index (χ2n) is 14.1. The minimum atomic E-state index is 0. The minimum absolute atomic E-state index is 0. The summed E-state index contributed by atoms with van der Waals surface area (Å²) >= 11 is 0. The molecule has 0 atom stereocenters. The Labute approximate surface area is 308 Å².